The molecule has 0 aliphatic heterocycles. The lowest BCUT2D eigenvalue weighted by atomic mass is 10.00. The van der Waals surface area contributed by atoms with Crippen molar-refractivity contribution >= 4 is 50.0 Å². The minimum absolute atomic E-state index is 0.0320. The van der Waals surface area contributed by atoms with Crippen molar-refractivity contribution in [2.24, 2.45) is 0 Å². The zero-order chi connectivity index (χ0) is 29.3. The number of carbonyl (C=O) groups is 1. The van der Waals surface area contributed by atoms with Crippen LogP contribution in [-0.2, 0) is 21.1 Å². The molecule has 5 aromatic rings. The van der Waals surface area contributed by atoms with E-state index in [9.17, 15) is 14.1 Å². The van der Waals surface area contributed by atoms with Crippen molar-refractivity contribution in [1.82, 2.24) is 13.9 Å². The molecule has 1 amide bonds. The lowest BCUT2D eigenvalue weighted by Crippen LogP contribution is -2.16. The molecular formula is C29H23ClF2N4O4S. The van der Waals surface area contributed by atoms with Gasteiger partial charge in [-0.1, -0.05) is 59.6 Å². The molecule has 0 spiro atoms. The number of nitrogens with one attached hydrogen (secondary N) is 1. The van der Waals surface area contributed by atoms with Crippen LogP contribution < -0.4 is 5.32 Å². The summed E-state index contributed by atoms with van der Waals surface area (Å²) in [4.78, 5) is 20.8. The highest BCUT2D eigenvalue weighted by molar-refractivity contribution is 7.99. The van der Waals surface area contributed by atoms with Gasteiger partial charge in [-0.25, -0.2) is 27.8 Å². The van der Waals surface area contributed by atoms with Crippen molar-refractivity contribution in [2.75, 3.05) is 5.32 Å². The molecule has 41 heavy (non-hydrogen) atoms. The van der Waals surface area contributed by atoms with Crippen LogP contribution >= 0.6 is 11.6 Å². The fourth-order valence-corrected chi connectivity index (χ4v) is 5.99. The molecule has 2 aromatic heterocycles. The van der Waals surface area contributed by atoms with Crippen LogP contribution in [0.2, 0.25) is 5.15 Å². The summed E-state index contributed by atoms with van der Waals surface area (Å²) in [6, 6.07) is 17.5. The Morgan fingerprint density at radius 3 is 2.54 bits per heavy atom. The molecule has 2 unspecified atom stereocenters. The number of carbonyl (C=O) groups excluding carboxylic acids is 1. The van der Waals surface area contributed by atoms with E-state index in [-0.39, 0.29) is 28.4 Å². The highest BCUT2D eigenvalue weighted by Crippen LogP contribution is 2.38. The third-order valence-electron chi connectivity index (χ3n) is 6.39. The molecule has 0 bridgehead atoms. The number of anilines is 1. The second-order valence-electron chi connectivity index (χ2n) is 9.14. The first kappa shape index (κ1) is 28.2. The van der Waals surface area contributed by atoms with E-state index in [1.54, 1.807) is 54.6 Å². The number of ether oxygens (including phenoxy) is 1. The van der Waals surface area contributed by atoms with E-state index in [2.05, 4.69) is 21.2 Å². The number of hydrogen-bond acceptors (Lipinski definition) is 6. The number of aliphatic hydroxyl groups is 1. The number of aliphatic hydroxyl groups excluding tert-OH is 1. The Kier molecular flexibility index (Phi) is 7.76. The molecule has 0 saturated heterocycles. The molecule has 0 fully saturated rings. The van der Waals surface area contributed by atoms with E-state index in [0.29, 0.717) is 10.5 Å². The van der Waals surface area contributed by atoms with Crippen LogP contribution in [0, 0.1) is 18.6 Å². The van der Waals surface area contributed by atoms with Crippen molar-refractivity contribution in [1.29, 1.82) is 0 Å². The van der Waals surface area contributed by atoms with Gasteiger partial charge < -0.3 is 9.84 Å². The van der Waals surface area contributed by atoms with Gasteiger partial charge in [0.25, 0.3) is 0 Å². The second kappa shape index (κ2) is 11.3. The zero-order valence-electron chi connectivity index (χ0n) is 21.6. The maximum Gasteiger partial charge on any atom is 0.412 e. The Bertz CT molecular complexity index is 1860. The van der Waals surface area contributed by atoms with Gasteiger partial charge in [0.2, 0.25) is 0 Å². The van der Waals surface area contributed by atoms with E-state index in [1.165, 1.54) is 10.2 Å². The molecule has 2 N–H and O–H groups in total. The monoisotopic (exact) mass is 596 g/mol. The largest absolute Gasteiger partial charge is 0.444 e. The molecule has 12 heteroatoms. The number of halogens is 3. The van der Waals surface area contributed by atoms with Gasteiger partial charge in [-0.2, -0.15) is 0 Å². The van der Waals surface area contributed by atoms with E-state index in [4.69, 9.17) is 16.3 Å². The summed E-state index contributed by atoms with van der Waals surface area (Å²) in [5.41, 5.74) is 0.364. The summed E-state index contributed by atoms with van der Waals surface area (Å²) in [5, 5.41) is 13.4. The Morgan fingerprint density at radius 1 is 1.12 bits per heavy atom. The van der Waals surface area contributed by atoms with Gasteiger partial charge in [-0.05, 0) is 42.6 Å². The van der Waals surface area contributed by atoms with Gasteiger partial charge in [-0.15, -0.1) is 0 Å². The zero-order valence-corrected chi connectivity index (χ0v) is 23.1. The van der Waals surface area contributed by atoms with Gasteiger partial charge in [0, 0.05) is 11.8 Å². The van der Waals surface area contributed by atoms with E-state index < -0.39 is 44.8 Å². The minimum Gasteiger partial charge on any atom is -0.444 e. The number of aromatic nitrogens is 3. The quantitative estimate of drug-likeness (QED) is 0.175. The van der Waals surface area contributed by atoms with Crippen LogP contribution in [0.5, 0.6) is 0 Å². The first-order valence-corrected chi connectivity index (χ1v) is 14.2. The summed E-state index contributed by atoms with van der Waals surface area (Å²) < 4.78 is 50.9. The van der Waals surface area contributed by atoms with E-state index >= 15 is 8.78 Å². The van der Waals surface area contributed by atoms with Crippen LogP contribution in [0.25, 0.3) is 11.0 Å². The number of rotatable bonds is 7. The predicted octanol–water partition coefficient (Wildman–Crippen LogP) is 6.04. The molecular weight excluding hydrogens is 574 g/mol. The normalized spacial score (nSPS) is 13.5. The smallest absolute Gasteiger partial charge is 0.412 e. The SMILES string of the molecule is C=S(=O)(c1ccc(C)cc1)n1cc(C(O)c2c(F)ccc(NC(=O)OCc3ccccc3)c2F)c2c(Cl)ncnc21. The molecule has 2 atom stereocenters. The first-order chi connectivity index (χ1) is 19.6. The summed E-state index contributed by atoms with van der Waals surface area (Å²) in [6.45, 7) is 1.80. The fraction of sp³-hybridized carbons (Fsp3) is 0.103. The van der Waals surface area contributed by atoms with Crippen LogP contribution in [-0.4, -0.2) is 35.2 Å². The molecule has 3 aromatic carbocycles. The van der Waals surface area contributed by atoms with Crippen LogP contribution in [0.4, 0.5) is 19.3 Å². The van der Waals surface area contributed by atoms with Crippen LogP contribution in [0.1, 0.15) is 28.4 Å². The van der Waals surface area contributed by atoms with E-state index in [1.807, 2.05) is 6.92 Å². The van der Waals surface area contributed by atoms with Crippen molar-refractivity contribution in [3.8, 4) is 0 Å². The predicted molar refractivity (Wildman–Crippen MR) is 153 cm³/mol. The van der Waals surface area contributed by atoms with Crippen molar-refractivity contribution in [2.45, 2.75) is 24.5 Å². The molecule has 210 valence electrons. The molecule has 0 aliphatic carbocycles. The van der Waals surface area contributed by atoms with Gasteiger partial charge in [0.05, 0.1) is 31.2 Å². The van der Waals surface area contributed by atoms with Crippen molar-refractivity contribution in [3.05, 3.63) is 118 Å². The average Bonchev–Trinajstić information content (AvgIpc) is 3.36. The maximum atomic E-state index is 15.6. The lowest BCUT2D eigenvalue weighted by molar-refractivity contribution is 0.155. The first-order valence-electron chi connectivity index (χ1n) is 12.2. The minimum atomic E-state index is -3.27. The fourth-order valence-electron chi connectivity index (χ4n) is 4.26. The Labute approximate surface area is 239 Å². The topological polar surface area (TPSA) is 106 Å². The number of fused-ring (bicyclic) bond motifs is 1. The van der Waals surface area contributed by atoms with Crippen molar-refractivity contribution < 1.29 is 27.6 Å². The number of aryl methyl sites for hydroxylation is 1. The summed E-state index contributed by atoms with van der Waals surface area (Å²) >= 11 is 6.34. The molecule has 0 radical (unpaired) electrons. The molecule has 8 nitrogen and oxygen atoms in total. The standard InChI is InChI=1S/C29H23ClF2N4O4S/c1-17-8-10-19(11-9-17)41(2,39)36-14-20(23-27(30)33-16-34-28(23)36)26(37)24-21(31)12-13-22(25(24)32)35-29(38)40-15-18-6-4-3-5-7-18/h3-14,16,26,37H,2,15H2,1H3,(H,35,38). The molecule has 0 aliphatic rings. The number of benzene rings is 3. The molecule has 5 rings (SSSR count). The van der Waals surface area contributed by atoms with Crippen LogP contribution in [0.15, 0.2) is 84.1 Å². The Hall–Kier alpha value is -4.32. The highest BCUT2D eigenvalue weighted by atomic mass is 35.5. The second-order valence-corrected chi connectivity index (χ2v) is 11.6. The Balaban J connectivity index is 1.53. The third-order valence-corrected chi connectivity index (χ3v) is 8.60. The van der Waals surface area contributed by atoms with Gasteiger partial charge in [-0.3, -0.25) is 9.29 Å². The Morgan fingerprint density at radius 2 is 1.83 bits per heavy atom. The summed E-state index contributed by atoms with van der Waals surface area (Å²) in [7, 11) is -3.27. The highest BCUT2D eigenvalue weighted by Gasteiger charge is 2.29. The van der Waals surface area contributed by atoms with E-state index in [0.717, 1.165) is 24.0 Å². The average molecular weight is 597 g/mol. The van der Waals surface area contributed by atoms with Gasteiger partial charge in [0.1, 0.15) is 30.0 Å². The molecule has 0 saturated carbocycles. The van der Waals surface area contributed by atoms with Gasteiger partial charge in [0.15, 0.2) is 11.5 Å². The maximum absolute atomic E-state index is 15.6. The molecule has 2 heterocycles. The van der Waals surface area contributed by atoms with Gasteiger partial charge >= 0.3 is 6.09 Å². The van der Waals surface area contributed by atoms with Crippen LogP contribution in [0.3, 0.4) is 0 Å². The summed E-state index contributed by atoms with van der Waals surface area (Å²) in [5.74, 6) is 1.55. The van der Waals surface area contributed by atoms with Crippen molar-refractivity contribution in [3.63, 3.8) is 0 Å². The number of amides is 1. The number of hydrogen-bond donors (Lipinski definition) is 2. The summed E-state index contributed by atoms with van der Waals surface area (Å²) in [6.07, 6.45) is -0.576. The lowest BCUT2D eigenvalue weighted by Gasteiger charge is -2.16. The third kappa shape index (κ3) is 5.51. The number of nitrogens with zero attached hydrogens (tertiary/aromatic N) is 3.